The Bertz CT molecular complexity index is 30.0. The molecule has 0 aliphatic rings. The molecule has 0 aromatic rings. The predicted octanol–water partition coefficient (Wildman–Crippen LogP) is -0.00490. The van der Waals surface area contributed by atoms with Gasteiger partial charge in [0.15, 0.2) is 0 Å². The molecule has 1 N–H and O–H groups in total. The summed E-state index contributed by atoms with van der Waals surface area (Å²) in [5.41, 5.74) is 0. The minimum Gasteiger partial charge on any atom is -0.284 e. The molecule has 0 rings (SSSR count). The van der Waals surface area contributed by atoms with E-state index in [-0.39, 0.29) is 6.73 Å². The minimum absolute atomic E-state index is 0.264. The van der Waals surface area contributed by atoms with E-state index in [2.05, 4.69) is 4.89 Å². The van der Waals surface area contributed by atoms with Crippen LogP contribution in [0.1, 0.15) is 0 Å². The summed E-state index contributed by atoms with van der Waals surface area (Å²) in [4.78, 5) is 5.44. The van der Waals surface area contributed by atoms with E-state index in [9.17, 15) is 0 Å². The first-order valence-corrected chi connectivity index (χ1v) is 1.68. The van der Waals surface area contributed by atoms with Gasteiger partial charge < -0.3 is 0 Å². The molecule has 0 bridgehead atoms. The molecule has 0 saturated heterocycles. The molecule has 0 spiro atoms. The summed E-state index contributed by atoms with van der Waals surface area (Å²) in [6.07, 6.45) is 0. The normalized spacial score (nSPS) is 10.0. The maximum absolute atomic E-state index is 7.70. The average molecular weight is 91.1 g/mol. The van der Waals surface area contributed by atoms with E-state index in [1.165, 1.54) is 0 Å². The van der Waals surface area contributed by atoms with Crippen LogP contribution in [0.25, 0.3) is 0 Å². The SMILES string of the molecule is CN(C)COO. The van der Waals surface area contributed by atoms with Gasteiger partial charge in [0.2, 0.25) is 0 Å². The van der Waals surface area contributed by atoms with Crippen molar-refractivity contribution in [2.24, 2.45) is 0 Å². The van der Waals surface area contributed by atoms with Gasteiger partial charge in [-0.25, -0.2) is 4.89 Å². The summed E-state index contributed by atoms with van der Waals surface area (Å²) in [7, 11) is 3.60. The molecule has 3 nitrogen and oxygen atoms in total. The molecule has 0 aromatic carbocycles. The summed E-state index contributed by atoms with van der Waals surface area (Å²) < 4.78 is 0. The molecular weight excluding hydrogens is 82.0 g/mol. The van der Waals surface area contributed by atoms with Gasteiger partial charge in [-0.05, 0) is 14.1 Å². The molecule has 6 heavy (non-hydrogen) atoms. The maximum Gasteiger partial charge on any atom is 0.134 e. The van der Waals surface area contributed by atoms with E-state index in [1.54, 1.807) is 19.0 Å². The highest BCUT2D eigenvalue weighted by Crippen LogP contribution is 1.68. The van der Waals surface area contributed by atoms with E-state index in [0.29, 0.717) is 0 Å². The van der Waals surface area contributed by atoms with Crippen LogP contribution in [0.5, 0.6) is 0 Å². The van der Waals surface area contributed by atoms with E-state index < -0.39 is 0 Å². The first-order valence-electron chi connectivity index (χ1n) is 1.68. The zero-order valence-corrected chi connectivity index (χ0v) is 4.01. The Balaban J connectivity index is 2.63. The van der Waals surface area contributed by atoms with Gasteiger partial charge >= 0.3 is 0 Å². The number of nitrogens with zero attached hydrogens (tertiary/aromatic N) is 1. The highest BCUT2D eigenvalue weighted by atomic mass is 17.1. The molecular formula is C3H9NO2. The molecule has 0 atom stereocenters. The molecule has 0 saturated carbocycles. The lowest BCUT2D eigenvalue weighted by atomic mass is 11.0. The van der Waals surface area contributed by atoms with Crippen molar-refractivity contribution in [2.45, 2.75) is 0 Å². The van der Waals surface area contributed by atoms with E-state index >= 15 is 0 Å². The average Bonchev–Trinajstić information content (AvgIpc) is 1.35. The molecule has 0 amide bonds. The largest absolute Gasteiger partial charge is 0.284 e. The molecule has 0 unspecified atom stereocenters. The van der Waals surface area contributed by atoms with E-state index in [0.717, 1.165) is 0 Å². The van der Waals surface area contributed by atoms with Crippen LogP contribution in [0.2, 0.25) is 0 Å². The quantitative estimate of drug-likeness (QED) is 0.295. The van der Waals surface area contributed by atoms with Crippen molar-refractivity contribution in [3.05, 3.63) is 0 Å². The Kier molecular flexibility index (Phi) is 3.02. The summed E-state index contributed by atoms with van der Waals surface area (Å²) in [6, 6.07) is 0. The molecule has 3 heteroatoms. The Labute approximate surface area is 37.1 Å². The van der Waals surface area contributed by atoms with Crippen LogP contribution in [0.4, 0.5) is 0 Å². The second-order valence-electron chi connectivity index (χ2n) is 1.34. The van der Waals surface area contributed by atoms with Gasteiger partial charge in [-0.1, -0.05) is 0 Å². The first-order chi connectivity index (χ1) is 2.77. The molecule has 0 heterocycles. The molecule has 0 aliphatic carbocycles. The topological polar surface area (TPSA) is 32.7 Å². The predicted molar refractivity (Wildman–Crippen MR) is 22.3 cm³/mol. The minimum atomic E-state index is 0.264. The van der Waals surface area contributed by atoms with Gasteiger partial charge in [0.1, 0.15) is 6.73 Å². The van der Waals surface area contributed by atoms with Crippen LogP contribution in [0.15, 0.2) is 0 Å². The van der Waals surface area contributed by atoms with Crippen molar-refractivity contribution in [2.75, 3.05) is 20.8 Å². The van der Waals surface area contributed by atoms with Crippen LogP contribution in [0.3, 0.4) is 0 Å². The highest BCUT2D eigenvalue weighted by Gasteiger charge is 1.80. The summed E-state index contributed by atoms with van der Waals surface area (Å²) in [5.74, 6) is 0. The highest BCUT2D eigenvalue weighted by molar-refractivity contribution is 4.18. The van der Waals surface area contributed by atoms with Crippen molar-refractivity contribution in [1.29, 1.82) is 0 Å². The lowest BCUT2D eigenvalue weighted by Crippen LogP contribution is -2.14. The maximum atomic E-state index is 7.70. The lowest BCUT2D eigenvalue weighted by molar-refractivity contribution is -0.264. The van der Waals surface area contributed by atoms with E-state index in [1.807, 2.05) is 0 Å². The van der Waals surface area contributed by atoms with Crippen molar-refractivity contribution < 1.29 is 10.1 Å². The fourth-order valence-electron chi connectivity index (χ4n) is 0.115. The fraction of sp³-hybridized carbons (Fsp3) is 1.00. The van der Waals surface area contributed by atoms with Crippen molar-refractivity contribution in [1.82, 2.24) is 4.90 Å². The molecule has 0 radical (unpaired) electrons. The zero-order valence-electron chi connectivity index (χ0n) is 4.01. The zero-order chi connectivity index (χ0) is 4.99. The smallest absolute Gasteiger partial charge is 0.134 e. The lowest BCUT2D eigenvalue weighted by Gasteiger charge is -2.02. The van der Waals surface area contributed by atoms with Gasteiger partial charge in [0.25, 0.3) is 0 Å². The van der Waals surface area contributed by atoms with E-state index in [4.69, 9.17) is 5.26 Å². The number of hydrogen-bond acceptors (Lipinski definition) is 3. The third kappa shape index (κ3) is 3.88. The van der Waals surface area contributed by atoms with Gasteiger partial charge in [0.05, 0.1) is 0 Å². The van der Waals surface area contributed by atoms with Crippen molar-refractivity contribution >= 4 is 0 Å². The third-order valence-electron chi connectivity index (χ3n) is 0.316. The van der Waals surface area contributed by atoms with Crippen LogP contribution in [-0.2, 0) is 4.89 Å². The fourth-order valence-corrected chi connectivity index (χ4v) is 0.115. The molecule has 0 aliphatic heterocycles. The Morgan fingerprint density at radius 2 is 2.17 bits per heavy atom. The van der Waals surface area contributed by atoms with Gasteiger partial charge in [-0.15, -0.1) is 0 Å². The van der Waals surface area contributed by atoms with Crippen LogP contribution in [0, 0.1) is 0 Å². The standard InChI is InChI=1S/C3H9NO2/c1-4(2)3-6-5/h5H,3H2,1-2H3. The first kappa shape index (κ1) is 5.88. The summed E-state index contributed by atoms with van der Waals surface area (Å²) in [6.45, 7) is 0.264. The molecule has 0 aromatic heterocycles. The Hall–Kier alpha value is -0.120. The summed E-state index contributed by atoms with van der Waals surface area (Å²) >= 11 is 0. The summed E-state index contributed by atoms with van der Waals surface area (Å²) in [5, 5.41) is 7.70. The number of hydrogen-bond donors (Lipinski definition) is 1. The Morgan fingerprint density at radius 3 is 2.17 bits per heavy atom. The van der Waals surface area contributed by atoms with Crippen LogP contribution < -0.4 is 0 Å². The van der Waals surface area contributed by atoms with Gasteiger partial charge in [-0.3, -0.25) is 10.2 Å². The van der Waals surface area contributed by atoms with Crippen molar-refractivity contribution in [3.63, 3.8) is 0 Å². The second-order valence-corrected chi connectivity index (χ2v) is 1.34. The molecule has 38 valence electrons. The van der Waals surface area contributed by atoms with Crippen LogP contribution >= 0.6 is 0 Å². The molecule has 0 fully saturated rings. The van der Waals surface area contributed by atoms with Crippen molar-refractivity contribution in [3.8, 4) is 0 Å². The monoisotopic (exact) mass is 91.1 g/mol. The third-order valence-corrected chi connectivity index (χ3v) is 0.316. The second kappa shape index (κ2) is 3.08. The van der Waals surface area contributed by atoms with Crippen LogP contribution in [-0.4, -0.2) is 31.0 Å². The van der Waals surface area contributed by atoms with Gasteiger partial charge in [0, 0.05) is 0 Å². The number of rotatable bonds is 2. The van der Waals surface area contributed by atoms with Gasteiger partial charge in [-0.2, -0.15) is 0 Å². The Morgan fingerprint density at radius 1 is 1.67 bits per heavy atom.